The van der Waals surface area contributed by atoms with Crippen molar-refractivity contribution in [2.75, 3.05) is 28.6 Å². The Bertz CT molecular complexity index is 1040. The zero-order valence-electron chi connectivity index (χ0n) is 18.7. The van der Waals surface area contributed by atoms with E-state index in [2.05, 4.69) is 15.3 Å². The van der Waals surface area contributed by atoms with Crippen LogP contribution in [0.4, 0.5) is 35.4 Å². The highest BCUT2D eigenvalue weighted by atomic mass is 19.4. The number of nitrogens with one attached hydrogen (secondary N) is 1. The maximum absolute atomic E-state index is 13.3. The number of urea groups is 1. The van der Waals surface area contributed by atoms with Crippen LogP contribution in [-0.4, -0.2) is 40.5 Å². The maximum atomic E-state index is 13.3. The SMILES string of the molecule is CCCCCN(C(=O)c1cnc(N2CC(C)(C)NC2=O)nc1N)c1cccc(C(F)(F)F)c1. The summed E-state index contributed by atoms with van der Waals surface area (Å²) in [6.45, 7) is 6.19. The first-order valence-electron chi connectivity index (χ1n) is 10.6. The molecule has 1 aliphatic heterocycles. The molecule has 3 rings (SSSR count). The van der Waals surface area contributed by atoms with Crippen LogP contribution in [0.3, 0.4) is 0 Å². The molecule has 0 saturated carbocycles. The Morgan fingerprint density at radius 1 is 1.30 bits per heavy atom. The zero-order chi connectivity index (χ0) is 24.4. The second kappa shape index (κ2) is 9.24. The van der Waals surface area contributed by atoms with Gasteiger partial charge in [-0.1, -0.05) is 25.8 Å². The van der Waals surface area contributed by atoms with E-state index in [9.17, 15) is 22.8 Å². The number of unbranched alkanes of at least 4 members (excludes halogenated alkanes) is 2. The standard InChI is InChI=1S/C22H27F3N6O2/c1-4-5-6-10-30(15-9-7-8-14(11-15)22(23,24)25)18(32)16-12-27-19(28-17(16)26)31-13-21(2,3)29-20(31)33/h7-9,11-12H,4-6,10,13H2,1-3H3,(H,29,33)(H2,26,27,28). The van der Waals surface area contributed by atoms with Gasteiger partial charge in [0.05, 0.1) is 17.6 Å². The molecule has 2 heterocycles. The number of amides is 3. The minimum atomic E-state index is -4.54. The number of nitrogens with two attached hydrogens (primary N) is 1. The lowest BCUT2D eigenvalue weighted by Crippen LogP contribution is -2.36. The molecule has 3 amide bonds. The molecule has 2 aromatic rings. The summed E-state index contributed by atoms with van der Waals surface area (Å²) in [4.78, 5) is 36.3. The van der Waals surface area contributed by atoms with E-state index >= 15 is 0 Å². The Morgan fingerprint density at radius 2 is 2.03 bits per heavy atom. The Morgan fingerprint density at radius 3 is 2.61 bits per heavy atom. The van der Waals surface area contributed by atoms with Crippen molar-refractivity contribution in [3.8, 4) is 0 Å². The third kappa shape index (κ3) is 5.52. The highest BCUT2D eigenvalue weighted by Crippen LogP contribution is 2.32. The largest absolute Gasteiger partial charge is 0.416 e. The number of alkyl halides is 3. The van der Waals surface area contributed by atoms with Gasteiger partial charge < -0.3 is 16.0 Å². The molecule has 0 radical (unpaired) electrons. The fourth-order valence-electron chi connectivity index (χ4n) is 3.57. The fraction of sp³-hybridized carbons (Fsp3) is 0.455. The van der Waals surface area contributed by atoms with Crippen LogP contribution in [0.25, 0.3) is 0 Å². The van der Waals surface area contributed by atoms with E-state index in [0.29, 0.717) is 13.0 Å². The quantitative estimate of drug-likeness (QED) is 0.597. The van der Waals surface area contributed by atoms with Gasteiger partial charge in [0.25, 0.3) is 5.91 Å². The summed E-state index contributed by atoms with van der Waals surface area (Å²) in [7, 11) is 0. The molecule has 1 aromatic heterocycles. The molecule has 11 heteroatoms. The van der Waals surface area contributed by atoms with Crippen molar-refractivity contribution in [3.63, 3.8) is 0 Å². The normalized spacial score (nSPS) is 15.5. The molecule has 0 atom stereocenters. The van der Waals surface area contributed by atoms with E-state index in [4.69, 9.17) is 5.73 Å². The summed E-state index contributed by atoms with van der Waals surface area (Å²) < 4.78 is 39.7. The van der Waals surface area contributed by atoms with Crippen molar-refractivity contribution in [2.45, 2.75) is 51.7 Å². The summed E-state index contributed by atoms with van der Waals surface area (Å²) in [6.07, 6.45) is -1.06. The van der Waals surface area contributed by atoms with Crippen molar-refractivity contribution in [3.05, 3.63) is 41.6 Å². The number of nitrogens with zero attached hydrogens (tertiary/aromatic N) is 4. The van der Waals surface area contributed by atoms with Crippen molar-refractivity contribution in [1.29, 1.82) is 0 Å². The van der Waals surface area contributed by atoms with Crippen molar-refractivity contribution in [1.82, 2.24) is 15.3 Å². The molecule has 33 heavy (non-hydrogen) atoms. The van der Waals surface area contributed by atoms with Crippen LogP contribution < -0.4 is 20.9 Å². The van der Waals surface area contributed by atoms with Gasteiger partial charge in [-0.2, -0.15) is 18.2 Å². The van der Waals surface area contributed by atoms with Gasteiger partial charge in [-0.3, -0.25) is 9.69 Å². The van der Waals surface area contributed by atoms with Gasteiger partial charge in [0, 0.05) is 18.4 Å². The third-order valence-electron chi connectivity index (χ3n) is 5.24. The Labute approximate surface area is 190 Å². The summed E-state index contributed by atoms with van der Waals surface area (Å²) in [5.41, 5.74) is 4.76. The van der Waals surface area contributed by atoms with E-state index < -0.39 is 23.2 Å². The molecule has 8 nitrogen and oxygen atoms in total. The molecule has 0 bridgehead atoms. The van der Waals surface area contributed by atoms with Crippen molar-refractivity contribution < 1.29 is 22.8 Å². The number of nitrogen functional groups attached to an aromatic ring is 1. The molecule has 1 saturated heterocycles. The van der Waals surface area contributed by atoms with E-state index in [1.807, 2.05) is 20.8 Å². The summed E-state index contributed by atoms with van der Waals surface area (Å²) in [6, 6.07) is 4.21. The van der Waals surface area contributed by atoms with Gasteiger partial charge in [0.1, 0.15) is 11.4 Å². The number of carbonyl (C=O) groups is 2. The number of rotatable bonds is 7. The van der Waals surface area contributed by atoms with Gasteiger partial charge in [-0.05, 0) is 38.5 Å². The molecule has 0 spiro atoms. The van der Waals surface area contributed by atoms with E-state index in [1.165, 1.54) is 28.1 Å². The summed E-state index contributed by atoms with van der Waals surface area (Å²) in [5, 5.41) is 2.78. The van der Waals surface area contributed by atoms with Crippen LogP contribution in [0.1, 0.15) is 56.0 Å². The molecular formula is C22H27F3N6O2. The topological polar surface area (TPSA) is 104 Å². The lowest BCUT2D eigenvalue weighted by atomic mass is 10.1. The van der Waals surface area contributed by atoms with Crippen LogP contribution in [0.5, 0.6) is 0 Å². The predicted molar refractivity (Wildman–Crippen MR) is 119 cm³/mol. The fourth-order valence-corrected chi connectivity index (χ4v) is 3.57. The minimum Gasteiger partial charge on any atom is -0.383 e. The number of halogens is 3. The third-order valence-corrected chi connectivity index (χ3v) is 5.24. The molecule has 0 unspecified atom stereocenters. The highest BCUT2D eigenvalue weighted by molar-refractivity contribution is 6.09. The average molecular weight is 464 g/mol. The lowest BCUT2D eigenvalue weighted by Gasteiger charge is -2.24. The molecule has 1 fully saturated rings. The van der Waals surface area contributed by atoms with E-state index in [1.54, 1.807) is 0 Å². The smallest absolute Gasteiger partial charge is 0.383 e. The number of anilines is 3. The van der Waals surface area contributed by atoms with Crippen LogP contribution in [0.15, 0.2) is 30.5 Å². The number of hydrogen-bond acceptors (Lipinski definition) is 5. The first-order valence-corrected chi connectivity index (χ1v) is 10.6. The predicted octanol–water partition coefficient (Wildman–Crippen LogP) is 4.22. The van der Waals surface area contributed by atoms with Crippen molar-refractivity contribution >= 4 is 29.4 Å². The van der Waals surface area contributed by atoms with Gasteiger partial charge in [0.15, 0.2) is 0 Å². The second-order valence-corrected chi connectivity index (χ2v) is 8.58. The molecular weight excluding hydrogens is 437 g/mol. The van der Waals surface area contributed by atoms with E-state index in [-0.39, 0.29) is 35.6 Å². The number of hydrogen-bond donors (Lipinski definition) is 2. The van der Waals surface area contributed by atoms with Crippen LogP contribution in [-0.2, 0) is 6.18 Å². The summed E-state index contributed by atoms with van der Waals surface area (Å²) >= 11 is 0. The molecule has 0 aliphatic carbocycles. The van der Waals surface area contributed by atoms with Crippen LogP contribution >= 0.6 is 0 Å². The molecule has 3 N–H and O–H groups in total. The Kier molecular flexibility index (Phi) is 6.80. The number of benzene rings is 1. The van der Waals surface area contributed by atoms with Gasteiger partial charge in [-0.15, -0.1) is 0 Å². The van der Waals surface area contributed by atoms with Crippen LogP contribution in [0.2, 0.25) is 0 Å². The minimum absolute atomic E-state index is 0.0451. The van der Waals surface area contributed by atoms with Crippen LogP contribution in [0, 0.1) is 0 Å². The number of carbonyl (C=O) groups excluding carboxylic acids is 2. The Hall–Kier alpha value is -3.37. The monoisotopic (exact) mass is 464 g/mol. The highest BCUT2D eigenvalue weighted by Gasteiger charge is 2.37. The molecule has 178 valence electrons. The first kappa shape index (κ1) is 24.3. The Balaban J connectivity index is 1.92. The first-order chi connectivity index (χ1) is 15.4. The van der Waals surface area contributed by atoms with Crippen molar-refractivity contribution in [2.24, 2.45) is 0 Å². The summed E-state index contributed by atoms with van der Waals surface area (Å²) in [5.74, 6) is -0.723. The molecule has 1 aliphatic rings. The number of aromatic nitrogens is 2. The zero-order valence-corrected chi connectivity index (χ0v) is 18.7. The lowest BCUT2D eigenvalue weighted by molar-refractivity contribution is -0.137. The van der Waals surface area contributed by atoms with Gasteiger partial charge >= 0.3 is 12.2 Å². The molecule has 1 aromatic carbocycles. The average Bonchev–Trinajstić information content (AvgIpc) is 3.02. The van der Waals surface area contributed by atoms with Gasteiger partial charge in [0.2, 0.25) is 5.95 Å². The second-order valence-electron chi connectivity index (χ2n) is 8.58. The van der Waals surface area contributed by atoms with Gasteiger partial charge in [-0.25, -0.2) is 9.78 Å². The van der Waals surface area contributed by atoms with E-state index in [0.717, 1.165) is 25.0 Å². The maximum Gasteiger partial charge on any atom is 0.416 e.